The quantitative estimate of drug-likeness (QED) is 0.190. The smallest absolute Gasteiger partial charge is 0.411 e. The van der Waals surface area contributed by atoms with Crippen molar-refractivity contribution in [1.82, 2.24) is 4.90 Å². The molecule has 2 aromatic carbocycles. The first-order chi connectivity index (χ1) is 20.0. The van der Waals surface area contributed by atoms with Crippen LogP contribution in [0.1, 0.15) is 80.0 Å². The van der Waals surface area contributed by atoms with Gasteiger partial charge in [0.2, 0.25) is 0 Å². The van der Waals surface area contributed by atoms with Gasteiger partial charge in [0.15, 0.2) is 24.8 Å². The van der Waals surface area contributed by atoms with Gasteiger partial charge in [-0.3, -0.25) is 19.3 Å². The predicted octanol–water partition coefficient (Wildman–Crippen LogP) is 5.63. The number of benzene rings is 2. The summed E-state index contributed by atoms with van der Waals surface area (Å²) >= 11 is 0. The van der Waals surface area contributed by atoms with Crippen LogP contribution in [0.15, 0.2) is 40.8 Å². The lowest BCUT2D eigenvalue weighted by Gasteiger charge is -2.27. The maximum Gasteiger partial charge on any atom is 0.411 e. The number of hydrogen-bond acceptors (Lipinski definition) is 9. The minimum absolute atomic E-state index is 0.120. The number of hydrogen-bond donors (Lipinski definition) is 0. The average Bonchev–Trinajstić information content (AvgIpc) is 3.72. The van der Waals surface area contributed by atoms with E-state index in [9.17, 15) is 24.0 Å². The van der Waals surface area contributed by atoms with Crippen LogP contribution in [0.5, 0.6) is 0 Å². The van der Waals surface area contributed by atoms with Crippen molar-refractivity contribution in [2.24, 2.45) is 5.92 Å². The van der Waals surface area contributed by atoms with Gasteiger partial charge in [0, 0.05) is 28.4 Å². The van der Waals surface area contributed by atoms with Crippen LogP contribution in [0.2, 0.25) is 0 Å². The summed E-state index contributed by atoms with van der Waals surface area (Å²) in [5.74, 6) is -1.84. The van der Waals surface area contributed by atoms with Crippen molar-refractivity contribution in [3.8, 4) is 0 Å². The average molecular weight is 578 g/mol. The zero-order valence-corrected chi connectivity index (χ0v) is 24.1. The van der Waals surface area contributed by atoms with Crippen LogP contribution >= 0.6 is 0 Å². The highest BCUT2D eigenvalue weighted by Gasteiger charge is 2.38. The third-order valence-electron chi connectivity index (χ3n) is 7.65. The van der Waals surface area contributed by atoms with Crippen molar-refractivity contribution >= 4 is 51.5 Å². The number of carbonyl (C=O) groups excluding carboxylic acids is 5. The lowest BCUT2D eigenvalue weighted by molar-refractivity contribution is -0.148. The van der Waals surface area contributed by atoms with Gasteiger partial charge in [0.1, 0.15) is 22.8 Å². The molecule has 1 aromatic heterocycles. The van der Waals surface area contributed by atoms with Gasteiger partial charge in [-0.15, -0.1) is 0 Å². The summed E-state index contributed by atoms with van der Waals surface area (Å²) in [5, 5.41) is 1.52. The Morgan fingerprint density at radius 1 is 0.786 bits per heavy atom. The molecule has 1 atom stereocenters. The van der Waals surface area contributed by atoms with Crippen LogP contribution in [0.3, 0.4) is 0 Å². The molecule has 1 aliphatic heterocycles. The molecule has 5 rings (SSSR count). The highest BCUT2D eigenvalue weighted by Crippen LogP contribution is 2.31. The number of nitrogens with zero attached hydrogens (tertiary/aromatic N) is 1. The molecule has 10 heteroatoms. The zero-order chi connectivity index (χ0) is 30.0. The molecule has 42 heavy (non-hydrogen) atoms. The second kappa shape index (κ2) is 12.0. The first-order valence-corrected chi connectivity index (χ1v) is 14.4. The Hall–Kier alpha value is -4.21. The van der Waals surface area contributed by atoms with E-state index in [1.165, 1.54) is 4.90 Å². The molecule has 1 saturated heterocycles. The molecule has 2 aliphatic rings. The number of amides is 1. The Morgan fingerprint density at radius 3 is 1.88 bits per heavy atom. The van der Waals surface area contributed by atoms with E-state index in [-0.39, 0.29) is 24.3 Å². The molecule has 2 fully saturated rings. The van der Waals surface area contributed by atoms with Crippen LogP contribution in [0, 0.1) is 5.92 Å². The van der Waals surface area contributed by atoms with Gasteiger partial charge >= 0.3 is 18.0 Å². The maximum atomic E-state index is 12.9. The molecule has 0 N–H and O–H groups in total. The van der Waals surface area contributed by atoms with Crippen LogP contribution in [-0.4, -0.2) is 65.9 Å². The molecule has 0 bridgehead atoms. The summed E-state index contributed by atoms with van der Waals surface area (Å²) in [4.78, 5) is 64.3. The number of esters is 2. The summed E-state index contributed by atoms with van der Waals surface area (Å²) in [6.45, 7) is 4.82. The second-order valence-electron chi connectivity index (χ2n) is 11.9. The minimum Gasteiger partial charge on any atom is -0.457 e. The molecule has 1 amide bonds. The molecule has 10 nitrogen and oxygen atoms in total. The van der Waals surface area contributed by atoms with E-state index in [4.69, 9.17) is 18.6 Å². The fourth-order valence-electron chi connectivity index (χ4n) is 5.49. The Balaban J connectivity index is 1.21. The van der Waals surface area contributed by atoms with E-state index in [1.807, 2.05) is 0 Å². The van der Waals surface area contributed by atoms with E-state index < -0.39 is 36.1 Å². The van der Waals surface area contributed by atoms with Gasteiger partial charge < -0.3 is 18.6 Å². The number of fused-ring (bicyclic) bond motifs is 3. The molecular weight excluding hydrogens is 542 g/mol. The highest BCUT2D eigenvalue weighted by molar-refractivity contribution is 6.10. The number of carbonyl (C=O) groups is 5. The Labute approximate surface area is 243 Å². The van der Waals surface area contributed by atoms with Crippen LogP contribution in [0.25, 0.3) is 21.9 Å². The van der Waals surface area contributed by atoms with Gasteiger partial charge in [-0.2, -0.15) is 0 Å². The molecule has 222 valence electrons. The number of rotatable bonds is 8. The first kappa shape index (κ1) is 29.3. The molecule has 2 heterocycles. The summed E-state index contributed by atoms with van der Waals surface area (Å²) in [7, 11) is 0. The highest BCUT2D eigenvalue weighted by atomic mass is 16.6. The number of likely N-dealkylation sites (tertiary alicyclic amines) is 1. The molecular formula is C32H35NO9. The van der Waals surface area contributed by atoms with Crippen molar-refractivity contribution < 1.29 is 42.6 Å². The number of ether oxygens (including phenoxy) is 3. The summed E-state index contributed by atoms with van der Waals surface area (Å²) in [6, 6.07) is 9.15. The van der Waals surface area contributed by atoms with Crippen molar-refractivity contribution in [1.29, 1.82) is 0 Å². The number of furan rings is 1. The summed E-state index contributed by atoms with van der Waals surface area (Å²) in [6.07, 6.45) is 4.10. The largest absolute Gasteiger partial charge is 0.457 e. The minimum atomic E-state index is -0.798. The molecule has 0 radical (unpaired) electrons. The Bertz CT molecular complexity index is 1540. The summed E-state index contributed by atoms with van der Waals surface area (Å²) < 4.78 is 21.9. The van der Waals surface area contributed by atoms with Crippen LogP contribution in [0.4, 0.5) is 4.79 Å². The van der Waals surface area contributed by atoms with Gasteiger partial charge in [-0.25, -0.2) is 9.59 Å². The topological polar surface area (TPSA) is 129 Å². The molecule has 1 aliphatic carbocycles. The number of ketones is 2. The van der Waals surface area contributed by atoms with Gasteiger partial charge in [-0.05, 0) is 70.7 Å². The van der Waals surface area contributed by atoms with E-state index in [2.05, 4.69) is 0 Å². The molecule has 3 aromatic rings. The molecule has 0 spiro atoms. The van der Waals surface area contributed by atoms with E-state index >= 15 is 0 Å². The van der Waals surface area contributed by atoms with Gasteiger partial charge in [0.05, 0.1) is 5.92 Å². The lowest BCUT2D eigenvalue weighted by atomic mass is 10.1. The van der Waals surface area contributed by atoms with Gasteiger partial charge in [0.25, 0.3) is 0 Å². The summed E-state index contributed by atoms with van der Waals surface area (Å²) in [5.41, 5.74) is 0.847. The van der Waals surface area contributed by atoms with E-state index in [1.54, 1.807) is 57.2 Å². The SMILES string of the molecule is CC(C)(C)OC(=O)N1CCC[C@@H]1C(=O)OCC(=O)c1ccc2c(c1)oc1cc(C(=O)COC(=O)C3CCCC3)ccc12. The fraction of sp³-hybridized carbons (Fsp3) is 0.469. The normalized spacial score (nSPS) is 17.5. The third-order valence-corrected chi connectivity index (χ3v) is 7.65. The van der Waals surface area contributed by atoms with Crippen molar-refractivity contribution in [3.05, 3.63) is 47.5 Å². The lowest BCUT2D eigenvalue weighted by Crippen LogP contribution is -2.44. The monoisotopic (exact) mass is 577 g/mol. The first-order valence-electron chi connectivity index (χ1n) is 14.4. The number of Topliss-reactive ketones (excluding diaryl/α,β-unsaturated/α-hetero) is 2. The third kappa shape index (κ3) is 6.48. The van der Waals surface area contributed by atoms with Crippen molar-refractivity contribution in [3.63, 3.8) is 0 Å². The Kier molecular flexibility index (Phi) is 8.34. The van der Waals surface area contributed by atoms with Crippen LogP contribution < -0.4 is 0 Å². The van der Waals surface area contributed by atoms with Crippen molar-refractivity contribution in [2.45, 2.75) is 70.9 Å². The van der Waals surface area contributed by atoms with E-state index in [0.717, 1.165) is 36.5 Å². The van der Waals surface area contributed by atoms with Crippen molar-refractivity contribution in [2.75, 3.05) is 19.8 Å². The Morgan fingerprint density at radius 2 is 1.33 bits per heavy atom. The fourth-order valence-corrected chi connectivity index (χ4v) is 5.49. The second-order valence-corrected chi connectivity index (χ2v) is 11.9. The van der Waals surface area contributed by atoms with Crippen LogP contribution in [-0.2, 0) is 23.8 Å². The molecule has 1 saturated carbocycles. The maximum absolute atomic E-state index is 12.9. The zero-order valence-electron chi connectivity index (χ0n) is 24.1. The molecule has 0 unspecified atom stereocenters. The standard InChI is InChI=1S/C32H35NO9/c1-32(2,3)42-31(38)33-14-6-9-24(33)30(37)40-18-26(35)21-11-13-23-22-12-10-20(15-27(22)41-28(23)16-21)25(34)17-39-29(36)19-7-4-5-8-19/h10-13,15-16,19,24H,4-9,14,17-18H2,1-3H3/t24-/m1/s1. The predicted molar refractivity (Wildman–Crippen MR) is 152 cm³/mol. The van der Waals surface area contributed by atoms with E-state index in [0.29, 0.717) is 41.7 Å². The van der Waals surface area contributed by atoms with Gasteiger partial charge in [-0.1, -0.05) is 25.0 Å².